The Morgan fingerprint density at radius 3 is 2.59 bits per heavy atom. The van der Waals surface area contributed by atoms with Gasteiger partial charge in [-0.2, -0.15) is 4.98 Å². The Hall–Kier alpha value is -3.40. The summed E-state index contributed by atoms with van der Waals surface area (Å²) in [5.74, 6) is 0.892. The first-order valence-corrected chi connectivity index (χ1v) is 15.7. The molecular weight excluding hydrogens is 541 g/mol. The number of aromatic nitrogens is 2. The van der Waals surface area contributed by atoms with Crippen molar-refractivity contribution in [3.63, 3.8) is 0 Å². The van der Waals surface area contributed by atoms with Gasteiger partial charge in [-0.1, -0.05) is 23.7 Å². The van der Waals surface area contributed by atoms with E-state index in [2.05, 4.69) is 30.4 Å². The second-order valence-electron chi connectivity index (χ2n) is 10.1. The Labute approximate surface area is 232 Å². The van der Waals surface area contributed by atoms with Crippen molar-refractivity contribution in [3.8, 4) is 5.75 Å². The number of halogens is 1. The molecule has 1 aromatic heterocycles. The highest BCUT2D eigenvalue weighted by atomic mass is 35.5. The van der Waals surface area contributed by atoms with Gasteiger partial charge in [-0.15, -0.1) is 0 Å². The molecule has 2 aliphatic rings. The largest absolute Gasteiger partial charge is 0.494 e. The fourth-order valence-corrected chi connectivity index (χ4v) is 6.29. The Morgan fingerprint density at radius 1 is 1.15 bits per heavy atom. The zero-order valence-electron chi connectivity index (χ0n) is 22.1. The average molecular weight is 572 g/mol. The first kappa shape index (κ1) is 27.2. The highest BCUT2D eigenvalue weighted by molar-refractivity contribution is 7.70. The predicted molar refractivity (Wildman–Crippen MR) is 156 cm³/mol. The first-order chi connectivity index (χ1) is 18.6. The van der Waals surface area contributed by atoms with Crippen LogP contribution in [0.2, 0.25) is 5.02 Å². The second-order valence-corrected chi connectivity index (χ2v) is 13.7. The second kappa shape index (κ2) is 11.0. The van der Waals surface area contributed by atoms with E-state index in [0.29, 0.717) is 40.0 Å². The monoisotopic (exact) mass is 571 g/mol. The maximum Gasteiger partial charge on any atom is 0.294 e. The molecule has 3 aromatic rings. The number of hydrogen-bond donors (Lipinski definition) is 2. The number of hydrogen-bond acceptors (Lipinski definition) is 10. The Morgan fingerprint density at radius 2 is 1.92 bits per heavy atom. The average Bonchev–Trinajstić information content (AvgIpc) is 3.33. The number of nitrogens with zero attached hydrogens (tertiary/aromatic N) is 5. The summed E-state index contributed by atoms with van der Waals surface area (Å²) in [5, 5.41) is 19.2. The number of likely N-dealkylation sites (tertiary alicyclic amines) is 1. The maximum atomic E-state index is 12.8. The molecule has 2 saturated heterocycles. The van der Waals surface area contributed by atoms with E-state index in [-0.39, 0.29) is 21.6 Å². The summed E-state index contributed by atoms with van der Waals surface area (Å²) in [6.45, 7) is 7.06. The van der Waals surface area contributed by atoms with Crippen LogP contribution in [0.25, 0.3) is 0 Å². The molecule has 206 valence electrons. The number of anilines is 5. The molecule has 13 heteroatoms. The molecule has 0 spiro atoms. The highest BCUT2D eigenvalue weighted by Crippen LogP contribution is 2.42. The van der Waals surface area contributed by atoms with Crippen LogP contribution >= 0.6 is 18.7 Å². The van der Waals surface area contributed by atoms with E-state index in [4.69, 9.17) is 16.3 Å². The van der Waals surface area contributed by atoms with Crippen molar-refractivity contribution in [2.45, 2.75) is 18.9 Å². The van der Waals surface area contributed by atoms with Crippen molar-refractivity contribution in [2.24, 2.45) is 0 Å². The summed E-state index contributed by atoms with van der Waals surface area (Å²) >= 11 is 6.38. The van der Waals surface area contributed by atoms with E-state index in [1.54, 1.807) is 31.5 Å². The molecule has 2 aromatic carbocycles. The van der Waals surface area contributed by atoms with Crippen molar-refractivity contribution in [3.05, 3.63) is 57.7 Å². The molecule has 3 heterocycles. The Kier molecular flexibility index (Phi) is 7.66. The Bertz CT molecular complexity index is 1450. The van der Waals surface area contributed by atoms with E-state index in [1.807, 2.05) is 12.1 Å². The molecule has 0 radical (unpaired) electrons. The van der Waals surface area contributed by atoms with E-state index in [9.17, 15) is 14.7 Å². The normalized spacial score (nSPS) is 17.5. The molecule has 1 atom stereocenters. The lowest BCUT2D eigenvalue weighted by atomic mass is 10.1. The third-order valence-corrected chi connectivity index (χ3v) is 8.96. The highest BCUT2D eigenvalue weighted by Gasteiger charge is 2.34. The number of methoxy groups -OCH3 is 1. The minimum absolute atomic E-state index is 0.0227. The maximum absolute atomic E-state index is 12.8. The molecule has 0 amide bonds. The van der Waals surface area contributed by atoms with Crippen molar-refractivity contribution >= 4 is 58.6 Å². The number of nitro groups is 1. The summed E-state index contributed by atoms with van der Waals surface area (Å²) in [6.07, 6.45) is 3.61. The minimum Gasteiger partial charge on any atom is -0.494 e. The predicted octanol–water partition coefficient (Wildman–Crippen LogP) is 5.07. The van der Waals surface area contributed by atoms with Crippen LogP contribution < -0.4 is 25.6 Å². The third kappa shape index (κ3) is 5.80. The van der Waals surface area contributed by atoms with Gasteiger partial charge >= 0.3 is 0 Å². The van der Waals surface area contributed by atoms with Gasteiger partial charge in [0.2, 0.25) is 5.95 Å². The third-order valence-electron chi connectivity index (χ3n) is 7.13. The summed E-state index contributed by atoms with van der Waals surface area (Å²) in [5.41, 5.74) is 1.49. The first-order valence-electron chi connectivity index (χ1n) is 12.7. The van der Waals surface area contributed by atoms with E-state index >= 15 is 0 Å². The molecule has 11 nitrogen and oxygen atoms in total. The summed E-state index contributed by atoms with van der Waals surface area (Å²) in [4.78, 5) is 24.9. The molecule has 0 aliphatic carbocycles. The van der Waals surface area contributed by atoms with Crippen molar-refractivity contribution in [2.75, 3.05) is 62.2 Å². The molecule has 0 saturated carbocycles. The number of benzene rings is 2. The van der Waals surface area contributed by atoms with E-state index < -0.39 is 7.14 Å². The van der Waals surface area contributed by atoms with E-state index in [1.165, 1.54) is 25.8 Å². The lowest BCUT2D eigenvalue weighted by molar-refractivity contribution is -0.384. The quantitative estimate of drug-likeness (QED) is 0.204. The van der Waals surface area contributed by atoms with Crippen LogP contribution in [0.3, 0.4) is 0 Å². The fraction of sp³-hybridized carbons (Fsp3) is 0.385. The van der Waals surface area contributed by atoms with Crippen molar-refractivity contribution in [1.82, 2.24) is 14.9 Å². The number of ether oxygens (including phenoxy) is 1. The molecule has 5 rings (SSSR count). The number of nitro benzene ring substituents is 1. The van der Waals surface area contributed by atoms with Gasteiger partial charge in [0.25, 0.3) is 5.69 Å². The molecule has 2 aliphatic heterocycles. The van der Waals surface area contributed by atoms with Crippen LogP contribution in [0.5, 0.6) is 5.75 Å². The lowest BCUT2D eigenvalue weighted by Crippen LogP contribution is -2.46. The zero-order valence-corrected chi connectivity index (χ0v) is 23.7. The van der Waals surface area contributed by atoms with Crippen molar-refractivity contribution in [1.29, 1.82) is 0 Å². The number of nitrogens with one attached hydrogen (secondary N) is 2. The van der Waals surface area contributed by atoms with Gasteiger partial charge in [-0.3, -0.25) is 15.0 Å². The topological polar surface area (TPSA) is 126 Å². The van der Waals surface area contributed by atoms with Gasteiger partial charge in [0, 0.05) is 36.6 Å². The van der Waals surface area contributed by atoms with Crippen LogP contribution in [-0.2, 0) is 4.57 Å². The molecular formula is C26H31ClN7O4P. The van der Waals surface area contributed by atoms with Crippen molar-refractivity contribution < 1.29 is 14.2 Å². The van der Waals surface area contributed by atoms with Gasteiger partial charge < -0.3 is 24.8 Å². The zero-order chi connectivity index (χ0) is 27.7. The summed E-state index contributed by atoms with van der Waals surface area (Å²) in [7, 11) is -1.06. The molecule has 2 fully saturated rings. The number of para-hydroxylation sites is 1. The SMILES string of the molecule is COc1cc(N2CCC(N3CCC3)C2)c([N+](=O)[O-])cc1Nc1ncc(Cl)c(Nc2ccccc2P(C)(C)=O)n1. The van der Waals surface area contributed by atoms with E-state index in [0.717, 1.165) is 32.6 Å². The Balaban J connectivity index is 1.43. The van der Waals surface area contributed by atoms with Crippen LogP contribution in [0, 0.1) is 10.1 Å². The molecule has 2 N–H and O–H groups in total. The minimum atomic E-state index is -2.57. The van der Waals surface area contributed by atoms with Crippen LogP contribution in [0.4, 0.5) is 34.5 Å². The summed E-state index contributed by atoms with van der Waals surface area (Å²) < 4.78 is 18.4. The fourth-order valence-electron chi connectivity index (χ4n) is 5.00. The van der Waals surface area contributed by atoms with Gasteiger partial charge in [0.1, 0.15) is 23.6 Å². The molecule has 39 heavy (non-hydrogen) atoms. The van der Waals surface area contributed by atoms with Crippen LogP contribution in [-0.4, -0.2) is 72.5 Å². The lowest BCUT2D eigenvalue weighted by Gasteiger charge is -2.36. The van der Waals surface area contributed by atoms with Crippen LogP contribution in [0.1, 0.15) is 12.8 Å². The summed E-state index contributed by atoms with van der Waals surface area (Å²) in [6, 6.07) is 10.8. The van der Waals surface area contributed by atoms with Gasteiger partial charge in [-0.05, 0) is 51.4 Å². The smallest absolute Gasteiger partial charge is 0.294 e. The van der Waals surface area contributed by atoms with Gasteiger partial charge in [-0.25, -0.2) is 4.98 Å². The number of rotatable bonds is 9. The molecule has 1 unspecified atom stereocenters. The standard InChI is InChI=1S/C26H31ClN7O4P/c1-38-23-14-21(33-12-9-17(16-33)32-10-6-11-32)22(34(35)36)13-20(23)30-26-28-15-18(27)25(31-26)29-19-7-4-5-8-24(19)39(2,3)37/h4-5,7-8,13-15,17H,6,9-12,16H2,1-3H3,(H2,28,29,30,31). The van der Waals surface area contributed by atoms with Gasteiger partial charge in [0.15, 0.2) is 5.82 Å². The van der Waals surface area contributed by atoms with Gasteiger partial charge in [0.05, 0.1) is 29.6 Å². The van der Waals surface area contributed by atoms with Crippen LogP contribution in [0.15, 0.2) is 42.6 Å². The molecule has 0 bridgehead atoms.